The Morgan fingerprint density at radius 2 is 1.87 bits per heavy atom. The Morgan fingerprint density at radius 1 is 1.18 bits per heavy atom. The van der Waals surface area contributed by atoms with Gasteiger partial charge in [0.1, 0.15) is 12.2 Å². The molecule has 1 saturated carbocycles. The van der Waals surface area contributed by atoms with Crippen molar-refractivity contribution in [1.29, 1.82) is 0 Å². The average molecular weight is 560 g/mol. The largest absolute Gasteiger partial charge is 0.354 e. The molecule has 2 aliphatic carbocycles. The van der Waals surface area contributed by atoms with Crippen molar-refractivity contribution < 1.29 is 4.79 Å². The van der Waals surface area contributed by atoms with Crippen LogP contribution in [0, 0.1) is 17.8 Å². The summed E-state index contributed by atoms with van der Waals surface area (Å²) >= 11 is 5.99. The number of piperazine rings is 1. The quantitative estimate of drug-likeness (QED) is 0.194. The highest BCUT2D eigenvalue weighted by atomic mass is 35.5. The minimum absolute atomic E-state index is 0.551. The topological polar surface area (TPSA) is 60.3 Å². The van der Waals surface area contributed by atoms with E-state index in [2.05, 4.69) is 85.7 Å². The van der Waals surface area contributed by atoms with E-state index in [9.17, 15) is 4.79 Å². The van der Waals surface area contributed by atoms with Gasteiger partial charge in [-0.25, -0.2) is 9.98 Å². The van der Waals surface area contributed by atoms with E-state index in [1.165, 1.54) is 24.1 Å². The second-order valence-electron chi connectivity index (χ2n) is 10.9. The molecule has 3 atom stereocenters. The lowest BCUT2D eigenvalue weighted by Crippen LogP contribution is -2.44. The first-order valence-electron chi connectivity index (χ1n) is 14.9. The number of carbonyl (C=O) groups excluding carboxylic acids is 1. The molecule has 1 saturated heterocycles. The molecule has 3 rings (SSSR count). The van der Waals surface area contributed by atoms with E-state index >= 15 is 0 Å². The molecule has 3 aliphatic rings. The number of carbonyl (C=O) groups is 1. The van der Waals surface area contributed by atoms with Gasteiger partial charge in [0.25, 0.3) is 0 Å². The maximum atomic E-state index is 10.7. The second-order valence-corrected chi connectivity index (χ2v) is 11.3. The number of halogens is 1. The van der Waals surface area contributed by atoms with Gasteiger partial charge in [-0.05, 0) is 49.0 Å². The summed E-state index contributed by atoms with van der Waals surface area (Å²) in [5.74, 6) is 2.66. The highest BCUT2D eigenvalue weighted by Gasteiger charge is 2.20. The van der Waals surface area contributed by atoms with Gasteiger partial charge in [-0.2, -0.15) is 0 Å². The van der Waals surface area contributed by atoms with E-state index in [1.54, 1.807) is 11.2 Å². The minimum Gasteiger partial charge on any atom is -0.354 e. The van der Waals surface area contributed by atoms with Crippen LogP contribution in [0.1, 0.15) is 80.6 Å². The standard InChI is InChI=1S/C16H26N4O.C14H22ClN.C2H6/c1-13-4-5-16(14(2)10-13)18-11-17-15(3)20-8-6-19(12-21)7-9-20;1-11(2)16-10-12(3)13-6-4-8-14(15)9-5-7-13;1-2/h11-14H,3-10H2,1-2H3;4,6-7,9,11-12,16H,5,8,10H2,1-3H3;1-2H3/b17-11-,18-16?;6-4?,13-7+,14-9?;/t;12-;/m.1./s1. The van der Waals surface area contributed by atoms with Crippen molar-refractivity contribution in [2.24, 2.45) is 27.7 Å². The number of hydrogen-bond acceptors (Lipinski definition) is 4. The number of nitrogens with zero attached hydrogens (tertiary/aromatic N) is 4. The molecule has 6 nitrogen and oxygen atoms in total. The summed E-state index contributed by atoms with van der Waals surface area (Å²) in [6.45, 7) is 23.3. The monoisotopic (exact) mass is 559 g/mol. The van der Waals surface area contributed by atoms with E-state index in [4.69, 9.17) is 11.6 Å². The molecule has 1 heterocycles. The molecule has 0 aromatic heterocycles. The Labute approximate surface area is 244 Å². The van der Waals surface area contributed by atoms with Crippen molar-refractivity contribution in [3.05, 3.63) is 47.3 Å². The van der Waals surface area contributed by atoms with Crippen LogP contribution < -0.4 is 5.32 Å². The third-order valence-electron chi connectivity index (χ3n) is 7.19. The number of allylic oxidation sites excluding steroid dienone is 5. The first kappa shape index (κ1) is 34.8. The molecule has 1 amide bonds. The lowest BCUT2D eigenvalue weighted by Gasteiger charge is -2.33. The Morgan fingerprint density at radius 3 is 2.49 bits per heavy atom. The van der Waals surface area contributed by atoms with Gasteiger partial charge in [0.2, 0.25) is 6.41 Å². The van der Waals surface area contributed by atoms with Crippen LogP contribution in [0.15, 0.2) is 57.3 Å². The Kier molecular flexibility index (Phi) is 17.7. The van der Waals surface area contributed by atoms with Gasteiger partial charge >= 0.3 is 0 Å². The zero-order chi connectivity index (χ0) is 29.2. The zero-order valence-corrected chi connectivity index (χ0v) is 26.4. The summed E-state index contributed by atoms with van der Waals surface area (Å²) in [5.41, 5.74) is 2.67. The molecule has 0 aromatic carbocycles. The molecule has 0 spiro atoms. The van der Waals surface area contributed by atoms with Crippen LogP contribution in [0.3, 0.4) is 0 Å². The molecule has 39 heavy (non-hydrogen) atoms. The molecule has 1 N–H and O–H groups in total. The van der Waals surface area contributed by atoms with Gasteiger partial charge in [-0.1, -0.05) is 91.0 Å². The first-order valence-corrected chi connectivity index (χ1v) is 15.2. The molecule has 0 aromatic rings. The van der Waals surface area contributed by atoms with Gasteiger partial charge in [0.15, 0.2) is 0 Å². The fourth-order valence-electron chi connectivity index (χ4n) is 4.70. The Hall–Kier alpha value is -2.18. The van der Waals surface area contributed by atoms with Crippen LogP contribution >= 0.6 is 11.6 Å². The smallest absolute Gasteiger partial charge is 0.209 e. The van der Waals surface area contributed by atoms with Crippen LogP contribution in [0.5, 0.6) is 0 Å². The lowest BCUT2D eigenvalue weighted by atomic mass is 9.82. The summed E-state index contributed by atoms with van der Waals surface area (Å²) in [6.07, 6.45) is 16.6. The second kappa shape index (κ2) is 19.8. The molecule has 2 fully saturated rings. The van der Waals surface area contributed by atoms with Crippen LogP contribution in [-0.2, 0) is 4.79 Å². The molecule has 7 heteroatoms. The van der Waals surface area contributed by atoms with Gasteiger partial charge in [0, 0.05) is 55.9 Å². The van der Waals surface area contributed by atoms with Crippen molar-refractivity contribution >= 4 is 30.1 Å². The summed E-state index contributed by atoms with van der Waals surface area (Å²) in [7, 11) is 0. The third kappa shape index (κ3) is 14.1. The fourth-order valence-corrected chi connectivity index (χ4v) is 4.88. The summed E-state index contributed by atoms with van der Waals surface area (Å²) < 4.78 is 0. The Balaban J connectivity index is 0.000000379. The normalized spacial score (nSPS) is 24.9. The van der Waals surface area contributed by atoms with E-state index in [-0.39, 0.29) is 0 Å². The number of hydrogen-bond donors (Lipinski definition) is 1. The van der Waals surface area contributed by atoms with E-state index < -0.39 is 0 Å². The van der Waals surface area contributed by atoms with E-state index in [0.29, 0.717) is 17.9 Å². The Bertz CT molecular complexity index is 881. The van der Waals surface area contributed by atoms with Gasteiger partial charge in [-0.3, -0.25) is 4.79 Å². The van der Waals surface area contributed by atoms with Crippen molar-refractivity contribution in [1.82, 2.24) is 15.1 Å². The molecule has 0 bridgehead atoms. The predicted octanol–water partition coefficient (Wildman–Crippen LogP) is 7.20. The summed E-state index contributed by atoms with van der Waals surface area (Å²) in [5, 5.41) is 4.42. The van der Waals surface area contributed by atoms with Crippen LogP contribution in [0.2, 0.25) is 0 Å². The van der Waals surface area contributed by atoms with Crippen LogP contribution in [-0.4, -0.2) is 67.0 Å². The SMILES string of the molecule is C=C(/N=C\N=C1CCC(C)CC1C)N1CCN(C=O)CC1.CC.CC(C)NC[C@@H](C)/C1=C/CC=C(Cl)CC=C1. The minimum atomic E-state index is 0.551. The number of nitrogens with one attached hydrogen (secondary N) is 1. The molecule has 1 aliphatic heterocycles. The maximum Gasteiger partial charge on any atom is 0.209 e. The van der Waals surface area contributed by atoms with E-state index in [0.717, 1.165) is 75.2 Å². The van der Waals surface area contributed by atoms with Crippen LogP contribution in [0.25, 0.3) is 0 Å². The van der Waals surface area contributed by atoms with Gasteiger partial charge in [0.05, 0.1) is 0 Å². The average Bonchev–Trinajstić information content (AvgIpc) is 2.92. The molecular weight excluding hydrogens is 506 g/mol. The highest BCUT2D eigenvalue weighted by Crippen LogP contribution is 2.26. The number of aliphatic imine (C=N–C) groups is 2. The zero-order valence-electron chi connectivity index (χ0n) is 25.6. The van der Waals surface area contributed by atoms with E-state index in [1.807, 2.05) is 13.8 Å². The molecule has 220 valence electrons. The first-order chi connectivity index (χ1) is 18.7. The highest BCUT2D eigenvalue weighted by molar-refractivity contribution is 6.29. The van der Waals surface area contributed by atoms with Gasteiger partial charge in [-0.15, -0.1) is 0 Å². The maximum absolute atomic E-state index is 10.7. The lowest BCUT2D eigenvalue weighted by molar-refractivity contribution is -0.119. The summed E-state index contributed by atoms with van der Waals surface area (Å²) in [4.78, 5) is 23.4. The number of rotatable bonds is 8. The molecule has 0 radical (unpaired) electrons. The van der Waals surface area contributed by atoms with Crippen molar-refractivity contribution in [3.8, 4) is 0 Å². The third-order valence-corrected chi connectivity index (χ3v) is 7.50. The van der Waals surface area contributed by atoms with Crippen molar-refractivity contribution in [2.45, 2.75) is 86.6 Å². The van der Waals surface area contributed by atoms with Crippen LogP contribution in [0.4, 0.5) is 0 Å². The van der Waals surface area contributed by atoms with Crippen molar-refractivity contribution in [2.75, 3.05) is 32.7 Å². The fraction of sp³-hybridized carbons (Fsp3) is 0.656. The molecular formula is C32H54ClN5O. The van der Waals surface area contributed by atoms with Gasteiger partial charge < -0.3 is 15.1 Å². The summed E-state index contributed by atoms with van der Waals surface area (Å²) in [6, 6.07) is 0.551. The predicted molar refractivity (Wildman–Crippen MR) is 170 cm³/mol. The molecule has 2 unspecified atom stereocenters. The number of amides is 1. The van der Waals surface area contributed by atoms with Crippen molar-refractivity contribution in [3.63, 3.8) is 0 Å².